The predicted octanol–water partition coefficient (Wildman–Crippen LogP) is 10.2. The third-order valence-corrected chi connectivity index (χ3v) is 8.05. The van der Waals surface area contributed by atoms with Gasteiger partial charge in [-0.05, 0) is 78.8 Å². The molecule has 0 aliphatic carbocycles. The summed E-state index contributed by atoms with van der Waals surface area (Å²) in [6, 6.07) is 48.5. The molecule has 0 aliphatic heterocycles. The standard InChI is InChI=1S/C34H22S/c1-2-8-26-21-29(18-13-23(26)7-1)33-20-19-32(35-33)24-14-16-25(17-15-24)34-30-11-5-3-9-27(30)22-28-10-4-6-12-31(28)34/h1-22H. The van der Waals surface area contributed by atoms with Crippen molar-refractivity contribution in [1.29, 1.82) is 0 Å². The number of thiophene rings is 1. The molecule has 0 amide bonds. The van der Waals surface area contributed by atoms with Crippen molar-refractivity contribution in [2.75, 3.05) is 0 Å². The van der Waals surface area contributed by atoms with Crippen LogP contribution in [0.15, 0.2) is 133 Å². The first-order valence-electron chi connectivity index (χ1n) is 11.9. The van der Waals surface area contributed by atoms with Gasteiger partial charge in [0.1, 0.15) is 0 Å². The van der Waals surface area contributed by atoms with Gasteiger partial charge in [0, 0.05) is 9.75 Å². The van der Waals surface area contributed by atoms with Crippen LogP contribution in [0.3, 0.4) is 0 Å². The van der Waals surface area contributed by atoms with E-state index in [1.807, 2.05) is 11.3 Å². The maximum absolute atomic E-state index is 2.29. The minimum Gasteiger partial charge on any atom is -0.135 e. The van der Waals surface area contributed by atoms with Gasteiger partial charge in [-0.25, -0.2) is 0 Å². The van der Waals surface area contributed by atoms with Crippen LogP contribution < -0.4 is 0 Å². The molecule has 1 heterocycles. The monoisotopic (exact) mass is 462 g/mol. The van der Waals surface area contributed by atoms with Crippen LogP contribution in [0.1, 0.15) is 0 Å². The van der Waals surface area contributed by atoms with Crippen molar-refractivity contribution < 1.29 is 0 Å². The summed E-state index contributed by atoms with van der Waals surface area (Å²) in [4.78, 5) is 2.59. The molecule has 164 valence electrons. The first kappa shape index (κ1) is 20.2. The Morgan fingerprint density at radius 3 is 1.54 bits per heavy atom. The predicted molar refractivity (Wildman–Crippen MR) is 153 cm³/mol. The lowest BCUT2D eigenvalue weighted by atomic mass is 9.91. The molecular weight excluding hydrogens is 440 g/mol. The largest absolute Gasteiger partial charge is 0.135 e. The van der Waals surface area contributed by atoms with Gasteiger partial charge in [0.25, 0.3) is 0 Å². The average Bonchev–Trinajstić information content (AvgIpc) is 3.42. The van der Waals surface area contributed by atoms with Crippen molar-refractivity contribution in [1.82, 2.24) is 0 Å². The quantitative estimate of drug-likeness (QED) is 0.229. The molecule has 0 fully saturated rings. The first-order valence-corrected chi connectivity index (χ1v) is 12.8. The third-order valence-electron chi connectivity index (χ3n) is 6.87. The zero-order valence-electron chi connectivity index (χ0n) is 19.1. The van der Waals surface area contributed by atoms with Gasteiger partial charge in [-0.15, -0.1) is 11.3 Å². The topological polar surface area (TPSA) is 0 Å². The highest BCUT2D eigenvalue weighted by atomic mass is 32.1. The van der Waals surface area contributed by atoms with Gasteiger partial charge in [0.15, 0.2) is 0 Å². The fraction of sp³-hybridized carbons (Fsp3) is 0. The highest BCUT2D eigenvalue weighted by Gasteiger charge is 2.11. The van der Waals surface area contributed by atoms with Crippen molar-refractivity contribution in [3.63, 3.8) is 0 Å². The summed E-state index contributed by atoms with van der Waals surface area (Å²) in [7, 11) is 0. The Hall–Kier alpha value is -4.20. The van der Waals surface area contributed by atoms with Crippen LogP contribution in [0, 0.1) is 0 Å². The molecule has 7 aromatic rings. The van der Waals surface area contributed by atoms with Crippen LogP contribution in [0.5, 0.6) is 0 Å². The van der Waals surface area contributed by atoms with Gasteiger partial charge >= 0.3 is 0 Å². The lowest BCUT2D eigenvalue weighted by Gasteiger charge is -2.12. The number of fused-ring (bicyclic) bond motifs is 3. The summed E-state index contributed by atoms with van der Waals surface area (Å²) < 4.78 is 0. The Morgan fingerprint density at radius 1 is 0.343 bits per heavy atom. The van der Waals surface area contributed by atoms with Crippen LogP contribution in [-0.2, 0) is 0 Å². The Kier molecular flexibility index (Phi) is 4.75. The molecule has 0 bridgehead atoms. The fourth-order valence-corrected chi connectivity index (χ4v) is 6.12. The van der Waals surface area contributed by atoms with Gasteiger partial charge in [-0.2, -0.15) is 0 Å². The van der Waals surface area contributed by atoms with Gasteiger partial charge in [0.2, 0.25) is 0 Å². The van der Waals surface area contributed by atoms with Crippen molar-refractivity contribution >= 4 is 43.7 Å². The minimum atomic E-state index is 1.26. The normalized spacial score (nSPS) is 11.4. The molecule has 6 aromatic carbocycles. The van der Waals surface area contributed by atoms with Crippen LogP contribution in [0.2, 0.25) is 0 Å². The summed E-state index contributed by atoms with van der Waals surface area (Å²) in [5.41, 5.74) is 5.11. The molecule has 0 N–H and O–H groups in total. The maximum Gasteiger partial charge on any atom is 0.0349 e. The Balaban J connectivity index is 1.29. The second-order valence-corrected chi connectivity index (χ2v) is 10.1. The minimum absolute atomic E-state index is 1.26. The summed E-state index contributed by atoms with van der Waals surface area (Å²) in [5, 5.41) is 7.73. The van der Waals surface area contributed by atoms with Crippen molar-refractivity contribution in [3.05, 3.63) is 133 Å². The highest BCUT2D eigenvalue weighted by molar-refractivity contribution is 7.18. The first-order chi connectivity index (χ1) is 17.3. The lowest BCUT2D eigenvalue weighted by molar-refractivity contribution is 1.66. The van der Waals surface area contributed by atoms with E-state index in [9.17, 15) is 0 Å². The van der Waals surface area contributed by atoms with E-state index < -0.39 is 0 Å². The molecule has 0 saturated carbocycles. The van der Waals surface area contributed by atoms with Gasteiger partial charge in [0.05, 0.1) is 0 Å². The van der Waals surface area contributed by atoms with E-state index in [0.717, 1.165) is 0 Å². The smallest absolute Gasteiger partial charge is 0.0349 e. The molecule has 1 aromatic heterocycles. The summed E-state index contributed by atoms with van der Waals surface area (Å²) >= 11 is 1.85. The van der Waals surface area contributed by atoms with Crippen LogP contribution in [0.25, 0.3) is 64.3 Å². The van der Waals surface area contributed by atoms with Crippen LogP contribution in [-0.4, -0.2) is 0 Å². The molecule has 7 rings (SSSR count). The molecule has 1 heteroatoms. The van der Waals surface area contributed by atoms with Gasteiger partial charge in [-0.1, -0.05) is 109 Å². The Bertz CT molecular complexity index is 1780. The van der Waals surface area contributed by atoms with E-state index in [4.69, 9.17) is 0 Å². The van der Waals surface area contributed by atoms with Crippen molar-refractivity contribution in [2.24, 2.45) is 0 Å². The van der Waals surface area contributed by atoms with E-state index in [1.165, 1.54) is 64.3 Å². The third kappa shape index (κ3) is 3.53. The van der Waals surface area contributed by atoms with Crippen LogP contribution in [0.4, 0.5) is 0 Å². The molecular formula is C34H22S. The van der Waals surface area contributed by atoms with E-state index in [2.05, 4.69) is 133 Å². The lowest BCUT2D eigenvalue weighted by Crippen LogP contribution is -1.85. The van der Waals surface area contributed by atoms with Crippen molar-refractivity contribution in [3.8, 4) is 32.0 Å². The molecule has 0 aliphatic rings. The molecule has 0 saturated heterocycles. The summed E-state index contributed by atoms with van der Waals surface area (Å²) in [6.07, 6.45) is 0. The molecule has 0 atom stereocenters. The van der Waals surface area contributed by atoms with Crippen molar-refractivity contribution in [2.45, 2.75) is 0 Å². The number of hydrogen-bond acceptors (Lipinski definition) is 1. The summed E-state index contributed by atoms with van der Waals surface area (Å²) in [5.74, 6) is 0. The number of benzene rings is 6. The fourth-order valence-electron chi connectivity index (χ4n) is 5.12. The van der Waals surface area contributed by atoms with Gasteiger partial charge in [-0.3, -0.25) is 0 Å². The highest BCUT2D eigenvalue weighted by Crippen LogP contribution is 2.39. The second kappa shape index (κ2) is 8.23. The molecule has 0 radical (unpaired) electrons. The van der Waals surface area contributed by atoms with E-state index in [0.29, 0.717) is 0 Å². The zero-order chi connectivity index (χ0) is 23.2. The number of rotatable bonds is 3. The molecule has 35 heavy (non-hydrogen) atoms. The Morgan fingerprint density at radius 2 is 0.857 bits per heavy atom. The maximum atomic E-state index is 2.29. The molecule has 0 spiro atoms. The second-order valence-electron chi connectivity index (χ2n) is 9.00. The number of hydrogen-bond donors (Lipinski definition) is 0. The van der Waals surface area contributed by atoms with E-state index in [1.54, 1.807) is 0 Å². The zero-order valence-corrected chi connectivity index (χ0v) is 19.9. The van der Waals surface area contributed by atoms with Crippen LogP contribution >= 0.6 is 11.3 Å². The average molecular weight is 463 g/mol. The summed E-state index contributed by atoms with van der Waals surface area (Å²) in [6.45, 7) is 0. The SMILES string of the molecule is c1ccc2cc(-c3ccc(-c4ccc(-c5c6ccccc6cc6ccccc56)cc4)s3)ccc2c1. The van der Waals surface area contributed by atoms with Gasteiger partial charge < -0.3 is 0 Å². The van der Waals surface area contributed by atoms with E-state index >= 15 is 0 Å². The Labute approximate surface area is 208 Å². The molecule has 0 unspecified atom stereocenters. The molecule has 0 nitrogen and oxygen atoms in total. The van der Waals surface area contributed by atoms with E-state index in [-0.39, 0.29) is 0 Å².